The van der Waals surface area contributed by atoms with E-state index in [2.05, 4.69) is 16.9 Å². The first kappa shape index (κ1) is 18.7. The summed E-state index contributed by atoms with van der Waals surface area (Å²) in [4.78, 5) is 35.7. The molecule has 1 N–H and O–H groups in total. The number of esters is 1. The number of amides is 1. The SMILES string of the molecule is COC(=O)c1cnc2[nH]ccc2c1N(C)[C@H]1CN(C(=O)CC#N)CC[C@H]1C. The number of fused-ring (bicyclic) bond motifs is 1. The summed E-state index contributed by atoms with van der Waals surface area (Å²) in [5.74, 6) is -0.292. The van der Waals surface area contributed by atoms with Crippen molar-refractivity contribution in [3.8, 4) is 6.07 Å². The largest absolute Gasteiger partial charge is 0.465 e. The summed E-state index contributed by atoms with van der Waals surface area (Å²) in [5, 5.41) is 9.65. The Kier molecular flexibility index (Phi) is 5.31. The molecule has 0 spiro atoms. The van der Waals surface area contributed by atoms with Gasteiger partial charge in [-0.15, -0.1) is 0 Å². The number of nitrogens with zero attached hydrogens (tertiary/aromatic N) is 4. The number of likely N-dealkylation sites (N-methyl/N-ethyl adjacent to an activating group) is 1. The topological polar surface area (TPSA) is 102 Å². The van der Waals surface area contributed by atoms with E-state index in [1.54, 1.807) is 11.1 Å². The fraction of sp³-hybridized carbons (Fsp3) is 0.474. The molecule has 8 heteroatoms. The van der Waals surface area contributed by atoms with Crippen LogP contribution in [0.25, 0.3) is 11.0 Å². The molecule has 1 amide bonds. The van der Waals surface area contributed by atoms with E-state index in [-0.39, 0.29) is 18.4 Å². The molecule has 8 nitrogen and oxygen atoms in total. The molecular weight excluding hydrogens is 346 g/mol. The predicted octanol–water partition coefficient (Wildman–Crippen LogP) is 1.94. The van der Waals surface area contributed by atoms with Gasteiger partial charge in [-0.05, 0) is 18.4 Å². The van der Waals surface area contributed by atoms with Crippen molar-refractivity contribution in [3.05, 3.63) is 24.0 Å². The summed E-state index contributed by atoms with van der Waals surface area (Å²) in [7, 11) is 3.27. The maximum Gasteiger partial charge on any atom is 0.341 e. The Morgan fingerprint density at radius 2 is 2.30 bits per heavy atom. The number of hydrogen-bond acceptors (Lipinski definition) is 6. The Morgan fingerprint density at radius 1 is 1.52 bits per heavy atom. The number of ether oxygens (including phenoxy) is 1. The number of nitriles is 1. The summed E-state index contributed by atoms with van der Waals surface area (Å²) in [6.45, 7) is 3.29. The monoisotopic (exact) mass is 369 g/mol. The van der Waals surface area contributed by atoms with Gasteiger partial charge in [0.2, 0.25) is 5.91 Å². The molecule has 3 heterocycles. The van der Waals surface area contributed by atoms with Crippen LogP contribution >= 0.6 is 0 Å². The standard InChI is InChI=1S/C19H23N5O3/c1-12-6-9-24(16(25)4-7-20)11-15(12)23(2)17-13-5-8-21-18(13)22-10-14(17)19(26)27-3/h5,8,10,12,15H,4,6,9,11H2,1-3H3,(H,21,22)/t12-,15+/m1/s1. The number of nitrogens with one attached hydrogen (secondary N) is 1. The Balaban J connectivity index is 2.00. The van der Waals surface area contributed by atoms with Crippen molar-refractivity contribution in [1.29, 1.82) is 5.26 Å². The van der Waals surface area contributed by atoms with Gasteiger partial charge in [0.15, 0.2) is 0 Å². The highest BCUT2D eigenvalue weighted by Crippen LogP contribution is 2.33. The number of piperidine rings is 1. The van der Waals surface area contributed by atoms with E-state index in [0.717, 1.165) is 17.5 Å². The average Bonchev–Trinajstić information content (AvgIpc) is 3.15. The molecule has 142 valence electrons. The van der Waals surface area contributed by atoms with Gasteiger partial charge in [-0.3, -0.25) is 4.79 Å². The second-order valence-corrected chi connectivity index (χ2v) is 6.87. The van der Waals surface area contributed by atoms with Gasteiger partial charge in [0.25, 0.3) is 0 Å². The molecule has 27 heavy (non-hydrogen) atoms. The number of likely N-dealkylation sites (tertiary alicyclic amines) is 1. The fourth-order valence-corrected chi connectivity index (χ4v) is 3.76. The molecule has 1 fully saturated rings. The zero-order valence-electron chi connectivity index (χ0n) is 15.7. The highest BCUT2D eigenvalue weighted by atomic mass is 16.5. The summed E-state index contributed by atoms with van der Waals surface area (Å²) in [6, 6.07) is 3.81. The zero-order chi connectivity index (χ0) is 19.6. The Bertz CT molecular complexity index is 900. The molecule has 0 unspecified atom stereocenters. The van der Waals surface area contributed by atoms with E-state index in [1.807, 2.05) is 24.1 Å². The molecule has 0 bridgehead atoms. The van der Waals surface area contributed by atoms with Crippen molar-refractivity contribution in [3.63, 3.8) is 0 Å². The van der Waals surface area contributed by atoms with Gasteiger partial charge in [0, 0.05) is 44.0 Å². The number of carbonyl (C=O) groups is 2. The molecular formula is C19H23N5O3. The number of anilines is 1. The van der Waals surface area contributed by atoms with E-state index < -0.39 is 5.97 Å². The smallest absolute Gasteiger partial charge is 0.341 e. The molecule has 2 aromatic heterocycles. The first-order valence-electron chi connectivity index (χ1n) is 8.89. The van der Waals surface area contributed by atoms with E-state index in [4.69, 9.17) is 10.00 Å². The van der Waals surface area contributed by atoms with Crippen molar-refractivity contribution in [2.75, 3.05) is 32.1 Å². The zero-order valence-corrected chi connectivity index (χ0v) is 15.7. The second kappa shape index (κ2) is 7.66. The Labute approximate surface area is 157 Å². The van der Waals surface area contributed by atoms with Gasteiger partial charge >= 0.3 is 5.97 Å². The fourth-order valence-electron chi connectivity index (χ4n) is 3.76. The van der Waals surface area contributed by atoms with Gasteiger partial charge in [0.1, 0.15) is 17.6 Å². The van der Waals surface area contributed by atoms with Gasteiger partial charge in [0.05, 0.1) is 18.9 Å². The summed E-state index contributed by atoms with van der Waals surface area (Å²) in [6.07, 6.45) is 4.02. The number of aromatic amines is 1. The highest BCUT2D eigenvalue weighted by Gasteiger charge is 2.33. The lowest BCUT2D eigenvalue weighted by Gasteiger charge is -2.43. The Hall–Kier alpha value is -3.08. The first-order chi connectivity index (χ1) is 13.0. The third-order valence-corrected chi connectivity index (χ3v) is 5.32. The number of H-pyrrole nitrogens is 1. The number of rotatable bonds is 4. The molecule has 0 radical (unpaired) electrons. The van der Waals surface area contributed by atoms with Crippen LogP contribution in [0.1, 0.15) is 30.1 Å². The van der Waals surface area contributed by atoms with Gasteiger partial charge < -0.3 is 19.5 Å². The first-order valence-corrected chi connectivity index (χ1v) is 8.89. The summed E-state index contributed by atoms with van der Waals surface area (Å²) < 4.78 is 4.94. The summed E-state index contributed by atoms with van der Waals surface area (Å²) >= 11 is 0. The number of methoxy groups -OCH3 is 1. The Morgan fingerprint density at radius 3 is 3.00 bits per heavy atom. The van der Waals surface area contributed by atoms with Crippen LogP contribution in [0.2, 0.25) is 0 Å². The lowest BCUT2D eigenvalue weighted by atomic mass is 9.91. The van der Waals surface area contributed by atoms with Crippen molar-refractivity contribution < 1.29 is 14.3 Å². The molecule has 2 aromatic rings. The van der Waals surface area contributed by atoms with Crippen LogP contribution in [-0.4, -0.2) is 60.0 Å². The third-order valence-electron chi connectivity index (χ3n) is 5.32. The molecule has 0 aliphatic carbocycles. The molecule has 1 aliphatic rings. The van der Waals surface area contributed by atoms with Crippen molar-refractivity contribution in [2.24, 2.45) is 5.92 Å². The van der Waals surface area contributed by atoms with Crippen molar-refractivity contribution >= 4 is 28.6 Å². The number of hydrogen-bond donors (Lipinski definition) is 1. The third kappa shape index (κ3) is 3.45. The van der Waals surface area contributed by atoms with Crippen molar-refractivity contribution in [2.45, 2.75) is 25.8 Å². The van der Waals surface area contributed by atoms with E-state index in [0.29, 0.717) is 30.2 Å². The summed E-state index contributed by atoms with van der Waals surface area (Å²) in [5.41, 5.74) is 1.81. The molecule has 2 atom stereocenters. The molecule has 1 aliphatic heterocycles. The highest BCUT2D eigenvalue weighted by molar-refractivity contribution is 6.04. The number of carbonyl (C=O) groups excluding carboxylic acids is 2. The average molecular weight is 369 g/mol. The second-order valence-electron chi connectivity index (χ2n) is 6.87. The minimum atomic E-state index is -0.451. The van der Waals surface area contributed by atoms with Crippen LogP contribution in [0.3, 0.4) is 0 Å². The van der Waals surface area contributed by atoms with Gasteiger partial charge in [-0.2, -0.15) is 5.26 Å². The molecule has 3 rings (SSSR count). The van der Waals surface area contributed by atoms with E-state index >= 15 is 0 Å². The van der Waals surface area contributed by atoms with Gasteiger partial charge in [-0.1, -0.05) is 6.92 Å². The van der Waals surface area contributed by atoms with Crippen LogP contribution in [-0.2, 0) is 9.53 Å². The predicted molar refractivity (Wildman–Crippen MR) is 100 cm³/mol. The lowest BCUT2D eigenvalue weighted by molar-refractivity contribution is -0.131. The van der Waals surface area contributed by atoms with Crippen molar-refractivity contribution in [1.82, 2.24) is 14.9 Å². The lowest BCUT2D eigenvalue weighted by Crippen LogP contribution is -2.52. The van der Waals surface area contributed by atoms with E-state index in [9.17, 15) is 9.59 Å². The van der Waals surface area contributed by atoms with E-state index in [1.165, 1.54) is 13.3 Å². The van der Waals surface area contributed by atoms with Gasteiger partial charge in [-0.25, -0.2) is 9.78 Å². The van der Waals surface area contributed by atoms with Crippen LogP contribution < -0.4 is 4.90 Å². The quantitative estimate of drug-likeness (QED) is 0.826. The number of aromatic nitrogens is 2. The molecule has 1 saturated heterocycles. The van der Waals surface area contributed by atoms with Crippen LogP contribution in [0.4, 0.5) is 5.69 Å². The maximum atomic E-state index is 12.3. The minimum Gasteiger partial charge on any atom is -0.465 e. The van der Waals surface area contributed by atoms with Crippen LogP contribution in [0.5, 0.6) is 0 Å². The number of pyridine rings is 1. The molecule has 0 aromatic carbocycles. The molecule has 0 saturated carbocycles. The maximum absolute atomic E-state index is 12.3. The minimum absolute atomic E-state index is 0.00491. The van der Waals surface area contributed by atoms with Crippen LogP contribution in [0, 0.1) is 17.2 Å². The normalized spacial score (nSPS) is 19.6. The van der Waals surface area contributed by atoms with Crippen LogP contribution in [0.15, 0.2) is 18.5 Å².